The fraction of sp³-hybridized carbons (Fsp3) is 0.679. The van der Waals surface area contributed by atoms with Crippen LogP contribution >= 0.6 is 11.3 Å². The molecule has 3 rings (SSSR count). The van der Waals surface area contributed by atoms with Crippen molar-refractivity contribution < 1.29 is 24.6 Å². The molecule has 1 heterocycles. The Bertz CT molecular complexity index is 1010. The number of aromatic carboxylic acids is 1. The van der Waals surface area contributed by atoms with E-state index in [4.69, 9.17) is 0 Å². The molecule has 2 fully saturated rings. The van der Waals surface area contributed by atoms with Gasteiger partial charge < -0.3 is 15.5 Å². The molecule has 0 bridgehead atoms. The van der Waals surface area contributed by atoms with Gasteiger partial charge in [0.25, 0.3) is 0 Å². The molecule has 2 saturated carbocycles. The van der Waals surface area contributed by atoms with Crippen molar-refractivity contribution in [2.24, 2.45) is 17.3 Å². The number of hydrogen-bond donors (Lipinski definition) is 3. The molecule has 2 amide bonds. The summed E-state index contributed by atoms with van der Waals surface area (Å²) in [5, 5.41) is 22.8. The Balaban J connectivity index is 1.95. The number of hydrogen-bond acceptors (Lipinski definition) is 5. The number of carboxylic acid groups (broad SMARTS) is 1. The van der Waals surface area contributed by atoms with Gasteiger partial charge in [-0.05, 0) is 91.0 Å². The van der Waals surface area contributed by atoms with Crippen LogP contribution in [0.3, 0.4) is 0 Å². The van der Waals surface area contributed by atoms with Crippen molar-refractivity contribution in [1.82, 2.24) is 5.32 Å². The molecule has 2 aliphatic rings. The Morgan fingerprint density at radius 3 is 2.25 bits per heavy atom. The SMILES string of the molecule is CC1CCC(C(=O)N(c2cc(C#CC(C)(C)C)sc2C(=O)O)[C@@H](C)C(=O)NC2CCC(O)CC2)CC1. The largest absolute Gasteiger partial charge is 0.477 e. The van der Waals surface area contributed by atoms with Crippen molar-refractivity contribution in [1.29, 1.82) is 0 Å². The first-order valence-corrected chi connectivity index (χ1v) is 13.9. The smallest absolute Gasteiger partial charge is 0.348 e. The van der Waals surface area contributed by atoms with Gasteiger partial charge >= 0.3 is 5.97 Å². The number of carboxylic acids is 1. The molecule has 1 aromatic rings. The molecular formula is C28H40N2O5S. The lowest BCUT2D eigenvalue weighted by atomic mass is 9.82. The molecule has 0 radical (unpaired) electrons. The summed E-state index contributed by atoms with van der Waals surface area (Å²) in [6, 6.07) is 0.710. The first-order valence-electron chi connectivity index (χ1n) is 13.1. The van der Waals surface area contributed by atoms with Crippen molar-refractivity contribution in [3.63, 3.8) is 0 Å². The summed E-state index contributed by atoms with van der Waals surface area (Å²) in [5.74, 6) is 4.86. The Kier molecular flexibility index (Phi) is 9.23. The quantitative estimate of drug-likeness (QED) is 0.471. The van der Waals surface area contributed by atoms with Gasteiger partial charge in [-0.25, -0.2) is 4.79 Å². The van der Waals surface area contributed by atoms with E-state index in [1.54, 1.807) is 13.0 Å². The van der Waals surface area contributed by atoms with Gasteiger partial charge in [0.2, 0.25) is 11.8 Å². The van der Waals surface area contributed by atoms with Gasteiger partial charge in [-0.15, -0.1) is 11.3 Å². The van der Waals surface area contributed by atoms with Crippen LogP contribution in [0.25, 0.3) is 0 Å². The predicted molar refractivity (Wildman–Crippen MR) is 142 cm³/mol. The number of amides is 2. The summed E-state index contributed by atoms with van der Waals surface area (Å²) < 4.78 is 0. The predicted octanol–water partition coefficient (Wildman–Crippen LogP) is 4.81. The van der Waals surface area contributed by atoms with Gasteiger partial charge in [0.05, 0.1) is 16.7 Å². The van der Waals surface area contributed by atoms with E-state index in [9.17, 15) is 24.6 Å². The molecule has 1 atom stereocenters. The number of aliphatic hydroxyl groups is 1. The lowest BCUT2D eigenvalue weighted by molar-refractivity contribution is -0.129. The molecule has 8 heteroatoms. The minimum atomic E-state index is -1.14. The highest BCUT2D eigenvalue weighted by molar-refractivity contribution is 7.15. The van der Waals surface area contributed by atoms with Crippen LogP contribution in [0.1, 0.15) is 101 Å². The molecule has 0 saturated heterocycles. The van der Waals surface area contributed by atoms with E-state index in [-0.39, 0.29) is 45.9 Å². The third-order valence-electron chi connectivity index (χ3n) is 7.14. The molecule has 0 unspecified atom stereocenters. The highest BCUT2D eigenvalue weighted by Gasteiger charge is 2.37. The van der Waals surface area contributed by atoms with Crippen LogP contribution in [0, 0.1) is 29.1 Å². The summed E-state index contributed by atoms with van der Waals surface area (Å²) >= 11 is 1.04. The summed E-state index contributed by atoms with van der Waals surface area (Å²) in [5.41, 5.74) is -0.0150. The molecular weight excluding hydrogens is 476 g/mol. The van der Waals surface area contributed by atoms with Gasteiger partial charge in [-0.1, -0.05) is 18.8 Å². The lowest BCUT2D eigenvalue weighted by Crippen LogP contribution is -2.53. The number of aliphatic hydroxyl groups excluding tert-OH is 1. The van der Waals surface area contributed by atoms with E-state index < -0.39 is 12.0 Å². The van der Waals surface area contributed by atoms with Gasteiger partial charge in [0.15, 0.2) is 0 Å². The second-order valence-corrected chi connectivity index (χ2v) is 12.5. The highest BCUT2D eigenvalue weighted by Crippen LogP contribution is 2.36. The molecule has 36 heavy (non-hydrogen) atoms. The van der Waals surface area contributed by atoms with Gasteiger partial charge in [0.1, 0.15) is 10.9 Å². The highest BCUT2D eigenvalue weighted by atomic mass is 32.1. The van der Waals surface area contributed by atoms with E-state index in [0.29, 0.717) is 36.5 Å². The van der Waals surface area contributed by atoms with Crippen LogP contribution in [0.5, 0.6) is 0 Å². The maximum absolute atomic E-state index is 13.9. The van der Waals surface area contributed by atoms with Crippen LogP contribution < -0.4 is 10.2 Å². The third-order valence-corrected chi connectivity index (χ3v) is 8.17. The number of carbonyl (C=O) groups excluding carboxylic acids is 2. The van der Waals surface area contributed by atoms with E-state index in [1.165, 1.54) is 4.90 Å². The number of carbonyl (C=O) groups is 3. The molecule has 0 aromatic carbocycles. The Labute approximate surface area is 218 Å². The third kappa shape index (κ3) is 7.33. The van der Waals surface area contributed by atoms with Gasteiger partial charge in [-0.2, -0.15) is 0 Å². The maximum Gasteiger partial charge on any atom is 0.348 e. The number of rotatable bonds is 6. The normalized spacial score (nSPS) is 25.3. The van der Waals surface area contributed by atoms with Crippen molar-refractivity contribution in [2.45, 2.75) is 104 Å². The molecule has 198 valence electrons. The van der Waals surface area contributed by atoms with Gasteiger partial charge in [0, 0.05) is 17.4 Å². The molecule has 3 N–H and O–H groups in total. The first-order chi connectivity index (χ1) is 16.9. The number of thiophene rings is 1. The maximum atomic E-state index is 13.9. The second kappa shape index (κ2) is 11.8. The summed E-state index contributed by atoms with van der Waals surface area (Å²) in [6.45, 7) is 9.77. The topological polar surface area (TPSA) is 107 Å². The van der Waals surface area contributed by atoms with E-state index in [1.807, 2.05) is 20.8 Å². The molecule has 1 aromatic heterocycles. The number of anilines is 1. The van der Waals surface area contributed by atoms with Crippen LogP contribution in [0.4, 0.5) is 5.69 Å². The number of nitrogens with zero attached hydrogens (tertiary/aromatic N) is 1. The Morgan fingerprint density at radius 2 is 1.69 bits per heavy atom. The summed E-state index contributed by atoms with van der Waals surface area (Å²) in [6.07, 6.45) is 5.62. The average molecular weight is 517 g/mol. The minimum Gasteiger partial charge on any atom is -0.477 e. The van der Waals surface area contributed by atoms with Crippen molar-refractivity contribution >= 4 is 34.8 Å². The fourth-order valence-corrected chi connectivity index (χ4v) is 5.75. The zero-order valence-electron chi connectivity index (χ0n) is 22.1. The minimum absolute atomic E-state index is 0.0196. The number of nitrogens with one attached hydrogen (secondary N) is 1. The standard InChI is InChI=1S/C28H40N2O5S/c1-17-6-8-19(9-7-17)26(33)30(18(2)25(32)29-20-10-12-21(31)13-11-20)23-16-22(14-15-28(3,4)5)36-24(23)27(34)35/h16-21,31H,6-13H2,1-5H3,(H,29,32)(H,34,35)/t17?,18-,19?,20?,21?/m0/s1. The first kappa shape index (κ1) is 28.2. The van der Waals surface area contributed by atoms with Crippen LogP contribution in [-0.4, -0.2) is 46.2 Å². The monoisotopic (exact) mass is 516 g/mol. The van der Waals surface area contributed by atoms with Crippen LogP contribution in [0.15, 0.2) is 6.07 Å². The molecule has 0 aliphatic heterocycles. The lowest BCUT2D eigenvalue weighted by Gasteiger charge is -2.35. The van der Waals surface area contributed by atoms with Crippen LogP contribution in [-0.2, 0) is 9.59 Å². The summed E-state index contributed by atoms with van der Waals surface area (Å²) in [7, 11) is 0. The zero-order chi connectivity index (χ0) is 26.6. The Morgan fingerprint density at radius 1 is 1.08 bits per heavy atom. The van der Waals surface area contributed by atoms with E-state index >= 15 is 0 Å². The average Bonchev–Trinajstić information content (AvgIpc) is 3.23. The fourth-order valence-electron chi connectivity index (χ4n) is 4.91. The summed E-state index contributed by atoms with van der Waals surface area (Å²) in [4.78, 5) is 41.4. The molecule has 2 aliphatic carbocycles. The van der Waals surface area contributed by atoms with E-state index in [2.05, 4.69) is 24.1 Å². The van der Waals surface area contributed by atoms with Crippen molar-refractivity contribution in [2.75, 3.05) is 4.90 Å². The molecule has 7 nitrogen and oxygen atoms in total. The Hall–Kier alpha value is -2.37. The second-order valence-electron chi connectivity index (χ2n) is 11.5. The van der Waals surface area contributed by atoms with Crippen molar-refractivity contribution in [3.05, 3.63) is 15.8 Å². The van der Waals surface area contributed by atoms with Crippen LogP contribution in [0.2, 0.25) is 0 Å². The van der Waals surface area contributed by atoms with Gasteiger partial charge in [-0.3, -0.25) is 14.5 Å². The van der Waals surface area contributed by atoms with E-state index in [0.717, 1.165) is 37.0 Å². The molecule has 0 spiro atoms. The zero-order valence-corrected chi connectivity index (χ0v) is 22.9. The van der Waals surface area contributed by atoms with Crippen molar-refractivity contribution in [3.8, 4) is 11.8 Å².